The Labute approximate surface area is 46.3 Å². The molecule has 0 amide bonds. The molecule has 8 heavy (non-hydrogen) atoms. The molecule has 1 aromatic heterocycles. The lowest BCUT2D eigenvalue weighted by Gasteiger charge is -1.90. The molecule has 1 heterocycles. The Morgan fingerprint density at radius 2 is 2.62 bits per heavy atom. The molecule has 5 nitrogen and oxygen atoms in total. The summed E-state index contributed by atoms with van der Waals surface area (Å²) < 4.78 is 4.68. The first kappa shape index (κ1) is 5.17. The second-order valence-electron chi connectivity index (χ2n) is 1.23. The third kappa shape index (κ3) is 1.00. The number of hydrogen-bond donors (Lipinski definition) is 0. The minimum Gasteiger partial charge on any atom is -0.361 e. The molecular formula is C3H6N4O. The van der Waals surface area contributed by atoms with E-state index in [1.54, 1.807) is 7.11 Å². The van der Waals surface area contributed by atoms with E-state index < -0.39 is 0 Å². The summed E-state index contributed by atoms with van der Waals surface area (Å²) in [5, 5.41) is 10.7. The topological polar surface area (TPSA) is 52.8 Å². The van der Waals surface area contributed by atoms with Crippen LogP contribution < -0.4 is 0 Å². The molecule has 0 aliphatic carbocycles. The number of ether oxygens (including phenoxy) is 1. The van der Waals surface area contributed by atoms with E-state index in [9.17, 15) is 0 Å². The molecule has 0 aliphatic rings. The Kier molecular flexibility index (Phi) is 1.53. The maximum absolute atomic E-state index is 4.68. The molecule has 0 spiro atoms. The summed E-state index contributed by atoms with van der Waals surface area (Å²) in [5.41, 5.74) is 0. The van der Waals surface area contributed by atoms with Gasteiger partial charge in [-0.2, -0.15) is 0 Å². The van der Waals surface area contributed by atoms with Gasteiger partial charge in [-0.1, -0.05) is 0 Å². The Morgan fingerprint density at radius 1 is 1.75 bits per heavy atom. The summed E-state index contributed by atoms with van der Waals surface area (Å²) in [6.07, 6.45) is 1.36. The summed E-state index contributed by atoms with van der Waals surface area (Å²) in [5.74, 6) is 0. The van der Waals surface area contributed by atoms with E-state index in [0.717, 1.165) is 0 Å². The predicted molar refractivity (Wildman–Crippen MR) is 24.8 cm³/mol. The smallest absolute Gasteiger partial charge is 0.162 e. The Morgan fingerprint density at radius 3 is 3.12 bits per heavy atom. The lowest BCUT2D eigenvalue weighted by Crippen LogP contribution is -2.03. The van der Waals surface area contributed by atoms with Crippen LogP contribution in [-0.2, 0) is 11.5 Å². The van der Waals surface area contributed by atoms with Gasteiger partial charge in [-0.15, -0.1) is 15.0 Å². The molecule has 5 heteroatoms. The van der Waals surface area contributed by atoms with Crippen molar-refractivity contribution in [2.45, 2.75) is 6.73 Å². The van der Waals surface area contributed by atoms with Crippen LogP contribution in [0.25, 0.3) is 0 Å². The Balaban J connectivity index is 2.50. The number of hydrogen-bond acceptors (Lipinski definition) is 4. The van der Waals surface area contributed by atoms with E-state index in [-0.39, 0.29) is 0 Å². The van der Waals surface area contributed by atoms with Gasteiger partial charge in [0.25, 0.3) is 0 Å². The number of nitrogens with zero attached hydrogens (tertiary/aromatic N) is 4. The summed E-state index contributed by atoms with van der Waals surface area (Å²) in [4.78, 5) is 1.35. The van der Waals surface area contributed by atoms with Gasteiger partial charge in [-0.3, -0.25) is 0 Å². The van der Waals surface area contributed by atoms with E-state index in [1.165, 1.54) is 11.1 Å². The van der Waals surface area contributed by atoms with Crippen molar-refractivity contribution in [1.82, 2.24) is 20.2 Å². The molecule has 0 saturated heterocycles. The highest BCUT2D eigenvalue weighted by molar-refractivity contribution is 4.32. The highest BCUT2D eigenvalue weighted by Gasteiger charge is 1.85. The summed E-state index contributed by atoms with van der Waals surface area (Å²) >= 11 is 0. The van der Waals surface area contributed by atoms with Gasteiger partial charge in [0.05, 0.1) is 0 Å². The van der Waals surface area contributed by atoms with Crippen LogP contribution in [0.5, 0.6) is 0 Å². The molecule has 0 saturated carbocycles. The average molecular weight is 114 g/mol. The van der Waals surface area contributed by atoms with Crippen molar-refractivity contribution in [2.75, 3.05) is 7.11 Å². The number of rotatable bonds is 2. The predicted octanol–water partition coefficient (Wildman–Crippen LogP) is -0.723. The maximum Gasteiger partial charge on any atom is 0.162 e. The third-order valence-electron chi connectivity index (χ3n) is 0.636. The molecule has 0 aliphatic heterocycles. The van der Waals surface area contributed by atoms with Crippen LogP contribution >= 0.6 is 0 Å². The van der Waals surface area contributed by atoms with Crippen molar-refractivity contribution in [1.29, 1.82) is 0 Å². The van der Waals surface area contributed by atoms with E-state index in [4.69, 9.17) is 0 Å². The SMILES string of the molecule is COCn1ncnn1. The van der Waals surface area contributed by atoms with Crippen LogP contribution in [0.4, 0.5) is 0 Å². The lowest BCUT2D eigenvalue weighted by atomic mass is 11.3. The van der Waals surface area contributed by atoms with Crippen LogP contribution in [0.3, 0.4) is 0 Å². The molecule has 0 bridgehead atoms. The molecule has 1 aromatic rings. The first-order chi connectivity index (χ1) is 3.93. The van der Waals surface area contributed by atoms with Crippen molar-refractivity contribution < 1.29 is 4.74 Å². The zero-order valence-electron chi connectivity index (χ0n) is 4.48. The van der Waals surface area contributed by atoms with Crippen LogP contribution in [0.15, 0.2) is 6.33 Å². The minimum absolute atomic E-state index is 0.361. The summed E-state index contributed by atoms with van der Waals surface area (Å²) in [7, 11) is 1.57. The molecular weight excluding hydrogens is 108 g/mol. The first-order valence-corrected chi connectivity index (χ1v) is 2.13. The second kappa shape index (κ2) is 2.37. The molecule has 0 N–H and O–H groups in total. The molecule has 0 radical (unpaired) electrons. The first-order valence-electron chi connectivity index (χ1n) is 2.13. The minimum atomic E-state index is 0.361. The van der Waals surface area contributed by atoms with Gasteiger partial charge >= 0.3 is 0 Å². The Bertz CT molecular complexity index is 137. The van der Waals surface area contributed by atoms with Crippen molar-refractivity contribution in [3.8, 4) is 0 Å². The zero-order valence-corrected chi connectivity index (χ0v) is 4.48. The fourth-order valence-corrected chi connectivity index (χ4v) is 0.363. The molecule has 0 aromatic carbocycles. The zero-order chi connectivity index (χ0) is 5.82. The van der Waals surface area contributed by atoms with E-state index in [0.29, 0.717) is 6.73 Å². The molecule has 1 rings (SSSR count). The van der Waals surface area contributed by atoms with Crippen LogP contribution in [-0.4, -0.2) is 27.3 Å². The van der Waals surface area contributed by atoms with E-state index >= 15 is 0 Å². The fourth-order valence-electron chi connectivity index (χ4n) is 0.363. The Hall–Kier alpha value is -0.970. The van der Waals surface area contributed by atoms with Gasteiger partial charge in [0, 0.05) is 7.11 Å². The second-order valence-corrected chi connectivity index (χ2v) is 1.23. The van der Waals surface area contributed by atoms with E-state index in [2.05, 4.69) is 20.1 Å². The average Bonchev–Trinajstić information content (AvgIpc) is 2.19. The molecule has 44 valence electrons. The van der Waals surface area contributed by atoms with Gasteiger partial charge in [0.2, 0.25) is 0 Å². The quantitative estimate of drug-likeness (QED) is 0.509. The molecule has 0 atom stereocenters. The van der Waals surface area contributed by atoms with Gasteiger partial charge in [0.15, 0.2) is 13.1 Å². The van der Waals surface area contributed by atoms with Crippen molar-refractivity contribution in [2.24, 2.45) is 0 Å². The van der Waals surface area contributed by atoms with Gasteiger partial charge < -0.3 is 4.74 Å². The lowest BCUT2D eigenvalue weighted by molar-refractivity contribution is 0.107. The summed E-state index contributed by atoms with van der Waals surface area (Å²) in [6.45, 7) is 0.361. The highest BCUT2D eigenvalue weighted by Crippen LogP contribution is 1.71. The van der Waals surface area contributed by atoms with Gasteiger partial charge in [0.1, 0.15) is 0 Å². The monoisotopic (exact) mass is 114 g/mol. The normalized spacial score (nSPS) is 9.62. The molecule has 0 unspecified atom stereocenters. The van der Waals surface area contributed by atoms with Crippen LogP contribution in [0.2, 0.25) is 0 Å². The summed E-state index contributed by atoms with van der Waals surface area (Å²) in [6, 6.07) is 0. The molecule has 0 fully saturated rings. The maximum atomic E-state index is 4.68. The third-order valence-corrected chi connectivity index (χ3v) is 0.636. The number of methoxy groups -OCH3 is 1. The van der Waals surface area contributed by atoms with Crippen molar-refractivity contribution >= 4 is 0 Å². The fraction of sp³-hybridized carbons (Fsp3) is 0.667. The number of aromatic nitrogens is 4. The standard InChI is InChI=1S/C3H6N4O/c1-8-3-7-5-2-4-6-7/h2H,3H2,1H3. The highest BCUT2D eigenvalue weighted by atomic mass is 16.5. The number of tetrazole rings is 1. The van der Waals surface area contributed by atoms with Gasteiger partial charge in [-0.05, 0) is 5.21 Å². The van der Waals surface area contributed by atoms with Crippen LogP contribution in [0.1, 0.15) is 0 Å². The van der Waals surface area contributed by atoms with Crippen molar-refractivity contribution in [3.63, 3.8) is 0 Å². The largest absolute Gasteiger partial charge is 0.361 e. The van der Waals surface area contributed by atoms with Crippen LogP contribution in [0, 0.1) is 0 Å². The van der Waals surface area contributed by atoms with E-state index in [1.807, 2.05) is 0 Å². The van der Waals surface area contributed by atoms with Crippen molar-refractivity contribution in [3.05, 3.63) is 6.33 Å². The van der Waals surface area contributed by atoms with Gasteiger partial charge in [-0.25, -0.2) is 0 Å².